The number of anilines is 1. The van der Waals surface area contributed by atoms with Crippen LogP contribution in [0.15, 0.2) is 10.9 Å². The lowest BCUT2D eigenvalue weighted by Gasteiger charge is -2.28. The maximum atomic E-state index is 12.1. The Labute approximate surface area is 124 Å². The van der Waals surface area contributed by atoms with Gasteiger partial charge in [-0.1, -0.05) is 0 Å². The molecule has 0 unspecified atom stereocenters. The Kier molecular flexibility index (Phi) is 4.81. The Morgan fingerprint density at radius 1 is 1.53 bits per heavy atom. The van der Waals surface area contributed by atoms with Gasteiger partial charge in [-0.2, -0.15) is 0 Å². The van der Waals surface area contributed by atoms with Crippen molar-refractivity contribution >= 4 is 32.3 Å². The van der Waals surface area contributed by atoms with Crippen LogP contribution in [0.1, 0.15) is 11.3 Å². The zero-order valence-corrected chi connectivity index (χ0v) is 12.8. The number of amides is 1. The van der Waals surface area contributed by atoms with Crippen LogP contribution in [0, 0.1) is 6.92 Å². The number of carbonyl (C=O) groups excluding carboxylic acids is 1. The highest BCUT2D eigenvalue weighted by molar-refractivity contribution is 14.1. The van der Waals surface area contributed by atoms with E-state index in [1.165, 1.54) is 0 Å². The molecule has 1 aromatic rings. The van der Waals surface area contributed by atoms with Crippen molar-refractivity contribution in [3.8, 4) is 0 Å². The van der Waals surface area contributed by atoms with E-state index in [9.17, 15) is 9.59 Å². The van der Waals surface area contributed by atoms with Crippen molar-refractivity contribution in [1.82, 2.24) is 10.3 Å². The predicted octanol–water partition coefficient (Wildman–Crippen LogP) is 1.16. The Morgan fingerprint density at radius 3 is 2.79 bits per heavy atom. The van der Waals surface area contributed by atoms with Gasteiger partial charge in [0, 0.05) is 59.5 Å². The molecule has 1 aliphatic heterocycles. The van der Waals surface area contributed by atoms with Gasteiger partial charge in [0.1, 0.15) is 5.82 Å². The molecule has 0 radical (unpaired) electrons. The van der Waals surface area contributed by atoms with Gasteiger partial charge in [-0.3, -0.25) is 9.59 Å². The third-order valence-corrected chi connectivity index (χ3v) is 3.47. The number of morpholine rings is 1. The van der Waals surface area contributed by atoms with E-state index in [-0.39, 0.29) is 15.9 Å². The van der Waals surface area contributed by atoms with Crippen LogP contribution in [-0.4, -0.2) is 35.2 Å². The van der Waals surface area contributed by atoms with Crippen LogP contribution in [0.25, 0.3) is 0 Å². The second-order valence-corrected chi connectivity index (χ2v) is 5.33. The lowest BCUT2D eigenvalue weighted by Crippen LogP contribution is -2.37. The summed E-state index contributed by atoms with van der Waals surface area (Å²) in [5, 5.41) is 2.64. The molecule has 1 aliphatic rings. The third kappa shape index (κ3) is 3.69. The van der Waals surface area contributed by atoms with Crippen LogP contribution in [0.2, 0.25) is 0 Å². The highest BCUT2D eigenvalue weighted by Crippen LogP contribution is 2.13. The fourth-order valence-corrected chi connectivity index (χ4v) is 2.24. The summed E-state index contributed by atoms with van der Waals surface area (Å²) in [7, 11) is 0. The number of nitrogens with zero attached hydrogens (tertiary/aromatic N) is 1. The number of halogens is 1. The first-order chi connectivity index (χ1) is 9.08. The van der Waals surface area contributed by atoms with Crippen LogP contribution in [0.5, 0.6) is 0 Å². The van der Waals surface area contributed by atoms with Gasteiger partial charge in [-0.05, 0) is 6.92 Å². The number of ether oxygens (including phenoxy) is 1. The highest BCUT2D eigenvalue weighted by Gasteiger charge is 2.14. The number of aromatic amines is 1. The molecule has 0 saturated carbocycles. The van der Waals surface area contributed by atoms with E-state index in [0.29, 0.717) is 18.8 Å². The minimum atomic E-state index is -0.173. The second kappa shape index (κ2) is 6.38. The number of pyridine rings is 1. The molecule has 2 heterocycles. The summed E-state index contributed by atoms with van der Waals surface area (Å²) >= 11 is 1.65. The number of hydrogen-bond acceptors (Lipinski definition) is 4. The quantitative estimate of drug-likeness (QED) is 0.471. The summed E-state index contributed by atoms with van der Waals surface area (Å²) in [5.41, 5.74) is 1.34. The van der Waals surface area contributed by atoms with Gasteiger partial charge < -0.3 is 19.9 Å². The number of H-pyrrole nitrogens is 1. The largest absolute Gasteiger partial charge is 0.378 e. The molecule has 2 rings (SSSR count). The molecule has 104 valence electrons. The number of hydrogen-bond donors (Lipinski definition) is 2. The summed E-state index contributed by atoms with van der Waals surface area (Å²) < 4.78 is 5.12. The van der Waals surface area contributed by atoms with Crippen LogP contribution in [0.4, 0.5) is 10.6 Å². The van der Waals surface area contributed by atoms with E-state index < -0.39 is 0 Å². The maximum absolute atomic E-state index is 12.1. The molecule has 1 amide bonds. The van der Waals surface area contributed by atoms with Crippen molar-refractivity contribution in [1.29, 1.82) is 0 Å². The fourth-order valence-electron chi connectivity index (χ4n) is 2.05. The van der Waals surface area contributed by atoms with E-state index in [2.05, 4.69) is 15.2 Å². The minimum absolute atomic E-state index is 0.0529. The molecule has 0 bridgehead atoms. The Balaban J connectivity index is 2.20. The normalized spacial score (nSPS) is 15.4. The van der Waals surface area contributed by atoms with Gasteiger partial charge in [-0.25, -0.2) is 0 Å². The van der Waals surface area contributed by atoms with E-state index in [4.69, 9.17) is 4.74 Å². The lowest BCUT2D eigenvalue weighted by atomic mass is 10.2. The first kappa shape index (κ1) is 14.3. The average Bonchev–Trinajstić information content (AvgIpc) is 2.38. The van der Waals surface area contributed by atoms with Crippen LogP contribution >= 0.6 is 22.6 Å². The minimum Gasteiger partial charge on any atom is -0.378 e. The molecule has 0 spiro atoms. The van der Waals surface area contributed by atoms with Crippen molar-refractivity contribution in [2.45, 2.75) is 13.5 Å². The van der Waals surface area contributed by atoms with Gasteiger partial charge in [0.05, 0.1) is 13.2 Å². The van der Waals surface area contributed by atoms with Crippen molar-refractivity contribution in [3.63, 3.8) is 0 Å². The summed E-state index contributed by atoms with van der Waals surface area (Å²) in [6.07, 6.45) is 0. The standard InChI is InChI=1S/C12H16IN3O3/c1-8-9(7-14-12(13)18)10(17)6-11(15-8)16-2-4-19-5-3-16/h6H,2-5,7H2,1H3,(H,14,18)(H,15,17). The Morgan fingerprint density at radius 2 is 2.21 bits per heavy atom. The van der Waals surface area contributed by atoms with Crippen LogP contribution in [-0.2, 0) is 11.3 Å². The first-order valence-electron chi connectivity index (χ1n) is 6.07. The molecule has 0 aromatic carbocycles. The predicted molar refractivity (Wildman–Crippen MR) is 81.1 cm³/mol. The summed E-state index contributed by atoms with van der Waals surface area (Å²) in [6.45, 7) is 5.01. The van der Waals surface area contributed by atoms with Crippen molar-refractivity contribution < 1.29 is 9.53 Å². The Bertz CT molecular complexity index is 523. The first-order valence-corrected chi connectivity index (χ1v) is 7.14. The van der Waals surface area contributed by atoms with Crippen molar-refractivity contribution in [3.05, 3.63) is 27.5 Å². The highest BCUT2D eigenvalue weighted by atomic mass is 127. The average molecular weight is 377 g/mol. The van der Waals surface area contributed by atoms with Gasteiger partial charge in [-0.15, -0.1) is 0 Å². The van der Waals surface area contributed by atoms with Gasteiger partial charge in [0.2, 0.25) is 0 Å². The van der Waals surface area contributed by atoms with Gasteiger partial charge in [0.15, 0.2) is 5.43 Å². The van der Waals surface area contributed by atoms with Crippen molar-refractivity contribution in [2.24, 2.45) is 0 Å². The van der Waals surface area contributed by atoms with Crippen LogP contribution < -0.4 is 15.6 Å². The molecular weight excluding hydrogens is 361 g/mol. The number of nitrogens with one attached hydrogen (secondary N) is 2. The SMILES string of the molecule is Cc1[nH]c(N2CCOCC2)cc(=O)c1CNC(=O)I. The molecule has 0 aliphatic carbocycles. The maximum Gasteiger partial charge on any atom is 0.280 e. The second-order valence-electron chi connectivity index (χ2n) is 4.35. The number of aryl methyl sites for hydroxylation is 1. The molecule has 1 saturated heterocycles. The topological polar surface area (TPSA) is 74.4 Å². The monoisotopic (exact) mass is 377 g/mol. The summed E-state index contributed by atoms with van der Waals surface area (Å²) in [6, 6.07) is 1.59. The van der Waals surface area contributed by atoms with E-state index >= 15 is 0 Å². The van der Waals surface area contributed by atoms with Gasteiger partial charge >= 0.3 is 0 Å². The van der Waals surface area contributed by atoms with E-state index in [0.717, 1.165) is 24.6 Å². The number of rotatable bonds is 3. The molecule has 2 N–H and O–H groups in total. The van der Waals surface area contributed by atoms with Crippen molar-refractivity contribution in [2.75, 3.05) is 31.2 Å². The molecule has 6 nitrogen and oxygen atoms in total. The lowest BCUT2D eigenvalue weighted by molar-refractivity contribution is 0.122. The van der Waals surface area contributed by atoms with E-state index in [1.54, 1.807) is 28.7 Å². The Hall–Kier alpha value is -1.09. The zero-order chi connectivity index (χ0) is 13.8. The molecule has 1 aromatic heterocycles. The van der Waals surface area contributed by atoms with E-state index in [1.807, 2.05) is 6.92 Å². The molecule has 7 heteroatoms. The smallest absolute Gasteiger partial charge is 0.280 e. The molecule has 0 atom stereocenters. The fraction of sp³-hybridized carbons (Fsp3) is 0.500. The third-order valence-electron chi connectivity index (χ3n) is 3.09. The van der Waals surface area contributed by atoms with Crippen LogP contribution in [0.3, 0.4) is 0 Å². The number of aromatic nitrogens is 1. The molecule has 1 fully saturated rings. The number of carbonyl (C=O) groups is 1. The summed E-state index contributed by atoms with van der Waals surface area (Å²) in [4.78, 5) is 28.3. The van der Waals surface area contributed by atoms with Gasteiger partial charge in [0.25, 0.3) is 3.91 Å². The summed E-state index contributed by atoms with van der Waals surface area (Å²) in [5.74, 6) is 0.815. The zero-order valence-electron chi connectivity index (χ0n) is 10.7. The molecule has 19 heavy (non-hydrogen) atoms. The molecular formula is C12H16IN3O3.